The highest BCUT2D eigenvalue weighted by atomic mass is 32.2. The van der Waals surface area contributed by atoms with Crippen LogP contribution in [0.3, 0.4) is 0 Å². The molecule has 2 rings (SSSR count). The SMILES string of the molecule is CCCCCCCN(C(=O)C(CCSC)NC(=O)OC(C)(C)C)C(C(=O)NC1CCCCC1)c1cccc(C)c1. The number of benzene rings is 1. The summed E-state index contributed by atoms with van der Waals surface area (Å²) in [7, 11) is 0. The molecule has 0 heterocycles. The summed E-state index contributed by atoms with van der Waals surface area (Å²) in [5.41, 5.74) is 1.16. The molecule has 0 spiro atoms. The molecule has 40 heavy (non-hydrogen) atoms. The minimum absolute atomic E-state index is 0.127. The summed E-state index contributed by atoms with van der Waals surface area (Å²) < 4.78 is 5.51. The molecular formula is C32H53N3O4S. The van der Waals surface area contributed by atoms with Crippen LogP contribution in [-0.4, -0.2) is 59.0 Å². The first kappa shape index (κ1) is 34.0. The van der Waals surface area contributed by atoms with Gasteiger partial charge in [0.2, 0.25) is 11.8 Å². The summed E-state index contributed by atoms with van der Waals surface area (Å²) in [6.07, 6.45) is 12.3. The molecule has 0 saturated heterocycles. The van der Waals surface area contributed by atoms with Crippen LogP contribution in [0.15, 0.2) is 24.3 Å². The van der Waals surface area contributed by atoms with Gasteiger partial charge in [-0.1, -0.05) is 81.7 Å². The molecule has 0 bridgehead atoms. The Bertz CT molecular complexity index is 927. The highest BCUT2D eigenvalue weighted by Gasteiger charge is 2.36. The fourth-order valence-corrected chi connectivity index (χ4v) is 5.71. The summed E-state index contributed by atoms with van der Waals surface area (Å²) in [6, 6.07) is 6.46. The van der Waals surface area contributed by atoms with Gasteiger partial charge >= 0.3 is 6.09 Å². The van der Waals surface area contributed by atoms with E-state index in [4.69, 9.17) is 4.74 Å². The Morgan fingerprint density at radius 3 is 2.40 bits per heavy atom. The number of nitrogens with one attached hydrogen (secondary N) is 2. The third kappa shape index (κ3) is 12.1. The molecule has 2 unspecified atom stereocenters. The second-order valence-corrected chi connectivity index (χ2v) is 13.1. The van der Waals surface area contributed by atoms with Gasteiger partial charge in [-0.3, -0.25) is 9.59 Å². The first-order valence-electron chi connectivity index (χ1n) is 15.2. The normalized spacial score (nSPS) is 15.7. The van der Waals surface area contributed by atoms with Crippen molar-refractivity contribution < 1.29 is 19.1 Å². The van der Waals surface area contributed by atoms with Gasteiger partial charge in [0.1, 0.15) is 17.7 Å². The lowest BCUT2D eigenvalue weighted by molar-refractivity contribution is -0.143. The quantitative estimate of drug-likeness (QED) is 0.221. The van der Waals surface area contributed by atoms with Gasteiger partial charge in [-0.25, -0.2) is 4.79 Å². The largest absolute Gasteiger partial charge is 0.444 e. The molecule has 7 nitrogen and oxygen atoms in total. The molecule has 1 aromatic rings. The number of carbonyl (C=O) groups is 3. The van der Waals surface area contributed by atoms with Crippen molar-refractivity contribution in [2.75, 3.05) is 18.6 Å². The van der Waals surface area contributed by atoms with E-state index in [9.17, 15) is 14.4 Å². The molecule has 2 N–H and O–H groups in total. The van der Waals surface area contributed by atoms with Crippen LogP contribution >= 0.6 is 11.8 Å². The number of carbonyl (C=O) groups excluding carboxylic acids is 3. The number of alkyl carbamates (subject to hydrolysis) is 1. The van der Waals surface area contributed by atoms with E-state index in [2.05, 4.69) is 17.6 Å². The van der Waals surface area contributed by atoms with E-state index in [1.165, 1.54) is 6.42 Å². The summed E-state index contributed by atoms with van der Waals surface area (Å²) in [5.74, 6) is 0.320. The van der Waals surface area contributed by atoms with Gasteiger partial charge in [-0.05, 0) is 71.0 Å². The summed E-state index contributed by atoms with van der Waals surface area (Å²) in [5, 5.41) is 6.13. The number of amides is 3. The molecule has 1 aromatic carbocycles. The van der Waals surface area contributed by atoms with Crippen LogP contribution in [0, 0.1) is 6.92 Å². The minimum atomic E-state index is -0.785. The third-order valence-electron chi connectivity index (χ3n) is 7.25. The molecule has 0 aromatic heterocycles. The summed E-state index contributed by atoms with van der Waals surface area (Å²) in [6.45, 7) is 10.0. The number of thioether (sulfide) groups is 1. The van der Waals surface area contributed by atoms with Gasteiger partial charge in [0, 0.05) is 12.6 Å². The van der Waals surface area contributed by atoms with E-state index in [-0.39, 0.29) is 17.9 Å². The van der Waals surface area contributed by atoms with Crippen molar-refractivity contribution in [1.82, 2.24) is 15.5 Å². The Kier molecular flexibility index (Phi) is 14.9. The second-order valence-electron chi connectivity index (χ2n) is 12.1. The van der Waals surface area contributed by atoms with Crippen molar-refractivity contribution in [2.45, 2.75) is 129 Å². The smallest absolute Gasteiger partial charge is 0.408 e. The number of hydrogen-bond acceptors (Lipinski definition) is 5. The molecule has 1 aliphatic carbocycles. The van der Waals surface area contributed by atoms with E-state index in [0.29, 0.717) is 18.7 Å². The van der Waals surface area contributed by atoms with E-state index < -0.39 is 23.8 Å². The fourth-order valence-electron chi connectivity index (χ4n) is 5.24. The first-order chi connectivity index (χ1) is 19.1. The lowest BCUT2D eigenvalue weighted by Gasteiger charge is -2.36. The maximum Gasteiger partial charge on any atom is 0.408 e. The van der Waals surface area contributed by atoms with Crippen LogP contribution in [0.4, 0.5) is 4.79 Å². The standard InChI is InChI=1S/C32H53N3O4S/c1-7-8-9-10-14-21-35(30(37)27(20-22-40-6)34-31(38)39-32(3,4)5)28(25-17-15-16-24(2)23-25)29(36)33-26-18-12-11-13-19-26/h15-17,23,26-28H,7-14,18-22H2,1-6H3,(H,33,36)(H,34,38). The van der Waals surface area contributed by atoms with Crippen molar-refractivity contribution in [2.24, 2.45) is 0 Å². The van der Waals surface area contributed by atoms with Crippen molar-refractivity contribution in [1.29, 1.82) is 0 Å². The van der Waals surface area contributed by atoms with Crippen molar-refractivity contribution in [3.63, 3.8) is 0 Å². The van der Waals surface area contributed by atoms with E-state index >= 15 is 0 Å². The van der Waals surface area contributed by atoms with Crippen LogP contribution in [0.1, 0.15) is 115 Å². The fraction of sp³-hybridized carbons (Fsp3) is 0.719. The monoisotopic (exact) mass is 575 g/mol. The van der Waals surface area contributed by atoms with Crippen molar-refractivity contribution >= 4 is 29.7 Å². The molecule has 2 atom stereocenters. The Morgan fingerprint density at radius 2 is 1.77 bits per heavy atom. The number of nitrogens with zero attached hydrogens (tertiary/aromatic N) is 1. The van der Waals surface area contributed by atoms with Crippen LogP contribution in [0.5, 0.6) is 0 Å². The Balaban J connectivity index is 2.43. The Labute approximate surface area is 246 Å². The molecular weight excluding hydrogens is 522 g/mol. The number of hydrogen-bond donors (Lipinski definition) is 2. The zero-order valence-corrected chi connectivity index (χ0v) is 26.5. The van der Waals surface area contributed by atoms with Crippen molar-refractivity contribution in [3.8, 4) is 0 Å². The minimum Gasteiger partial charge on any atom is -0.444 e. The molecule has 226 valence electrons. The topological polar surface area (TPSA) is 87.7 Å². The predicted molar refractivity (Wildman–Crippen MR) is 166 cm³/mol. The predicted octanol–water partition coefficient (Wildman–Crippen LogP) is 6.93. The zero-order valence-electron chi connectivity index (χ0n) is 25.7. The van der Waals surface area contributed by atoms with Gasteiger partial charge < -0.3 is 20.3 Å². The highest BCUT2D eigenvalue weighted by Crippen LogP contribution is 2.27. The Hall–Kier alpha value is -2.22. The highest BCUT2D eigenvalue weighted by molar-refractivity contribution is 7.98. The van der Waals surface area contributed by atoms with Gasteiger partial charge in [0.05, 0.1) is 0 Å². The molecule has 0 radical (unpaired) electrons. The molecule has 1 saturated carbocycles. The van der Waals surface area contributed by atoms with Gasteiger partial charge in [-0.15, -0.1) is 0 Å². The van der Waals surface area contributed by atoms with Crippen LogP contribution in [-0.2, 0) is 14.3 Å². The van der Waals surface area contributed by atoms with Crippen LogP contribution in [0.2, 0.25) is 0 Å². The molecule has 8 heteroatoms. The number of aryl methyl sites for hydroxylation is 1. The molecule has 3 amide bonds. The summed E-state index contributed by atoms with van der Waals surface area (Å²) >= 11 is 1.62. The van der Waals surface area contributed by atoms with E-state index in [0.717, 1.165) is 68.9 Å². The lowest BCUT2D eigenvalue weighted by Crippen LogP contribution is -2.54. The van der Waals surface area contributed by atoms with Crippen LogP contribution in [0.25, 0.3) is 0 Å². The van der Waals surface area contributed by atoms with E-state index in [1.807, 2.05) is 37.4 Å². The van der Waals surface area contributed by atoms with Gasteiger partial charge in [-0.2, -0.15) is 11.8 Å². The summed E-state index contributed by atoms with van der Waals surface area (Å²) in [4.78, 5) is 42.9. The van der Waals surface area contributed by atoms with Gasteiger partial charge in [0.25, 0.3) is 0 Å². The maximum atomic E-state index is 14.3. The average Bonchev–Trinajstić information content (AvgIpc) is 2.89. The Morgan fingerprint density at radius 1 is 1.07 bits per heavy atom. The molecule has 0 aliphatic heterocycles. The second kappa shape index (κ2) is 17.6. The number of ether oxygens (including phenoxy) is 1. The maximum absolute atomic E-state index is 14.3. The van der Waals surface area contributed by atoms with Crippen LogP contribution < -0.4 is 10.6 Å². The lowest BCUT2D eigenvalue weighted by atomic mass is 9.94. The molecule has 1 aliphatic rings. The third-order valence-corrected chi connectivity index (χ3v) is 7.90. The number of unbranched alkanes of at least 4 members (excludes halogenated alkanes) is 4. The van der Waals surface area contributed by atoms with E-state index in [1.54, 1.807) is 37.4 Å². The first-order valence-corrected chi connectivity index (χ1v) is 16.6. The molecule has 1 fully saturated rings. The average molecular weight is 576 g/mol. The van der Waals surface area contributed by atoms with Crippen molar-refractivity contribution in [3.05, 3.63) is 35.4 Å². The number of rotatable bonds is 15. The zero-order chi connectivity index (χ0) is 29.5. The van der Waals surface area contributed by atoms with Gasteiger partial charge in [0.15, 0.2) is 0 Å².